The first kappa shape index (κ1) is 14.1. The lowest BCUT2D eigenvalue weighted by Gasteiger charge is -2.14. The predicted octanol–water partition coefficient (Wildman–Crippen LogP) is 4.56. The molecule has 0 aromatic carbocycles. The van der Waals surface area contributed by atoms with E-state index >= 15 is 0 Å². The Morgan fingerprint density at radius 3 is 2.75 bits per heavy atom. The standard InChI is InChI=1S/C11H15BrCl2N2/c1-7(2)3-9(13)6-16-11-10(14)4-8(12)5-15-11/h4-5,7,9H,3,6H2,1-2H3,(H,15,16). The second kappa shape index (κ2) is 6.67. The third kappa shape index (κ3) is 4.89. The molecule has 1 aromatic heterocycles. The second-order valence-corrected chi connectivity index (χ2v) is 6.03. The Kier molecular flexibility index (Phi) is 5.87. The fourth-order valence-electron chi connectivity index (χ4n) is 1.35. The number of aromatic nitrogens is 1. The Morgan fingerprint density at radius 1 is 1.50 bits per heavy atom. The van der Waals surface area contributed by atoms with Gasteiger partial charge in [-0.2, -0.15) is 0 Å². The largest absolute Gasteiger partial charge is 0.367 e. The molecular weight excluding hydrogens is 311 g/mol. The van der Waals surface area contributed by atoms with E-state index in [4.69, 9.17) is 23.2 Å². The van der Waals surface area contributed by atoms with Crippen molar-refractivity contribution >= 4 is 44.9 Å². The van der Waals surface area contributed by atoms with Crippen molar-refractivity contribution in [1.29, 1.82) is 0 Å². The lowest BCUT2D eigenvalue weighted by Crippen LogP contribution is -2.17. The van der Waals surface area contributed by atoms with Crippen molar-refractivity contribution in [2.24, 2.45) is 5.92 Å². The van der Waals surface area contributed by atoms with Gasteiger partial charge in [0.15, 0.2) is 0 Å². The molecule has 0 fully saturated rings. The van der Waals surface area contributed by atoms with E-state index in [1.165, 1.54) is 0 Å². The van der Waals surface area contributed by atoms with Crippen LogP contribution in [0, 0.1) is 5.92 Å². The van der Waals surface area contributed by atoms with Crippen LogP contribution in [0.15, 0.2) is 16.7 Å². The van der Waals surface area contributed by atoms with Gasteiger partial charge in [-0.15, -0.1) is 11.6 Å². The summed E-state index contributed by atoms with van der Waals surface area (Å²) in [6, 6.07) is 1.81. The summed E-state index contributed by atoms with van der Waals surface area (Å²) < 4.78 is 0.868. The van der Waals surface area contributed by atoms with Gasteiger partial charge in [0.1, 0.15) is 5.82 Å². The van der Waals surface area contributed by atoms with E-state index in [1.54, 1.807) is 6.20 Å². The summed E-state index contributed by atoms with van der Waals surface area (Å²) >= 11 is 15.5. The Labute approximate surface area is 115 Å². The van der Waals surface area contributed by atoms with Gasteiger partial charge < -0.3 is 5.32 Å². The minimum Gasteiger partial charge on any atom is -0.367 e. The third-order valence-electron chi connectivity index (χ3n) is 2.03. The molecule has 0 aliphatic carbocycles. The predicted molar refractivity (Wildman–Crippen MR) is 74.5 cm³/mol. The summed E-state index contributed by atoms with van der Waals surface area (Å²) in [5.74, 6) is 1.27. The molecule has 90 valence electrons. The zero-order valence-corrected chi connectivity index (χ0v) is 12.4. The molecule has 0 aliphatic heterocycles. The highest BCUT2D eigenvalue weighted by molar-refractivity contribution is 9.10. The fourth-order valence-corrected chi connectivity index (χ4v) is 2.48. The maximum atomic E-state index is 6.17. The van der Waals surface area contributed by atoms with E-state index in [9.17, 15) is 0 Å². The molecule has 0 saturated carbocycles. The molecule has 1 N–H and O–H groups in total. The van der Waals surface area contributed by atoms with Crippen molar-refractivity contribution in [1.82, 2.24) is 4.98 Å². The van der Waals surface area contributed by atoms with Crippen molar-refractivity contribution in [3.05, 3.63) is 21.8 Å². The number of pyridine rings is 1. The van der Waals surface area contributed by atoms with Crippen molar-refractivity contribution < 1.29 is 0 Å². The van der Waals surface area contributed by atoms with Crippen molar-refractivity contribution in [3.8, 4) is 0 Å². The van der Waals surface area contributed by atoms with E-state index in [2.05, 4.69) is 40.1 Å². The summed E-state index contributed by atoms with van der Waals surface area (Å²) in [4.78, 5) is 4.18. The summed E-state index contributed by atoms with van der Waals surface area (Å²) in [7, 11) is 0. The monoisotopic (exact) mass is 324 g/mol. The van der Waals surface area contributed by atoms with Gasteiger partial charge in [0, 0.05) is 17.2 Å². The van der Waals surface area contributed by atoms with Crippen LogP contribution in [-0.4, -0.2) is 16.9 Å². The van der Waals surface area contributed by atoms with Gasteiger partial charge in [-0.25, -0.2) is 4.98 Å². The van der Waals surface area contributed by atoms with Crippen LogP contribution in [-0.2, 0) is 0 Å². The fraction of sp³-hybridized carbons (Fsp3) is 0.545. The van der Waals surface area contributed by atoms with Crippen LogP contribution in [0.4, 0.5) is 5.82 Å². The number of rotatable bonds is 5. The highest BCUT2D eigenvalue weighted by atomic mass is 79.9. The van der Waals surface area contributed by atoms with Crippen LogP contribution >= 0.6 is 39.1 Å². The molecule has 16 heavy (non-hydrogen) atoms. The molecular formula is C11H15BrCl2N2. The molecule has 0 radical (unpaired) electrons. The Bertz CT molecular complexity index is 345. The van der Waals surface area contributed by atoms with Crippen LogP contribution in [0.3, 0.4) is 0 Å². The Balaban J connectivity index is 2.48. The first-order chi connectivity index (χ1) is 7.49. The van der Waals surface area contributed by atoms with Crippen LogP contribution < -0.4 is 5.32 Å². The van der Waals surface area contributed by atoms with Crippen LogP contribution in [0.5, 0.6) is 0 Å². The molecule has 0 spiro atoms. The zero-order chi connectivity index (χ0) is 12.1. The SMILES string of the molecule is CC(C)CC(Cl)CNc1ncc(Br)cc1Cl. The molecule has 0 amide bonds. The number of anilines is 1. The van der Waals surface area contributed by atoms with Crippen LogP contribution in [0.2, 0.25) is 5.02 Å². The average molecular weight is 326 g/mol. The van der Waals surface area contributed by atoms with E-state index in [0.29, 0.717) is 23.3 Å². The number of nitrogens with zero attached hydrogens (tertiary/aromatic N) is 1. The summed E-state index contributed by atoms with van der Waals surface area (Å²) in [5, 5.41) is 3.85. The van der Waals surface area contributed by atoms with Gasteiger partial charge in [-0.3, -0.25) is 0 Å². The summed E-state index contributed by atoms with van der Waals surface area (Å²) in [6.07, 6.45) is 2.68. The van der Waals surface area contributed by atoms with Gasteiger partial charge in [0.25, 0.3) is 0 Å². The Morgan fingerprint density at radius 2 is 2.19 bits per heavy atom. The normalized spacial score (nSPS) is 12.9. The molecule has 5 heteroatoms. The maximum Gasteiger partial charge on any atom is 0.144 e. The molecule has 1 heterocycles. The van der Waals surface area contributed by atoms with Crippen molar-refractivity contribution in [2.45, 2.75) is 25.6 Å². The average Bonchev–Trinajstić information content (AvgIpc) is 2.15. The minimum absolute atomic E-state index is 0.0986. The summed E-state index contributed by atoms with van der Waals surface area (Å²) in [5.41, 5.74) is 0. The summed E-state index contributed by atoms with van der Waals surface area (Å²) in [6.45, 7) is 4.98. The van der Waals surface area contributed by atoms with Crippen molar-refractivity contribution in [3.63, 3.8) is 0 Å². The molecule has 0 bridgehead atoms. The number of hydrogen-bond acceptors (Lipinski definition) is 2. The Hall–Kier alpha value is 0.01000. The number of nitrogens with one attached hydrogen (secondary N) is 1. The molecule has 0 aliphatic rings. The smallest absolute Gasteiger partial charge is 0.144 e. The zero-order valence-electron chi connectivity index (χ0n) is 9.30. The van der Waals surface area contributed by atoms with Gasteiger partial charge in [-0.1, -0.05) is 25.4 Å². The number of halogens is 3. The highest BCUT2D eigenvalue weighted by Gasteiger charge is 2.09. The molecule has 1 unspecified atom stereocenters. The van der Waals surface area contributed by atoms with Gasteiger partial charge >= 0.3 is 0 Å². The number of hydrogen-bond donors (Lipinski definition) is 1. The van der Waals surface area contributed by atoms with Crippen molar-refractivity contribution in [2.75, 3.05) is 11.9 Å². The quantitative estimate of drug-likeness (QED) is 0.802. The first-order valence-electron chi connectivity index (χ1n) is 5.18. The van der Waals surface area contributed by atoms with Crippen LogP contribution in [0.1, 0.15) is 20.3 Å². The first-order valence-corrected chi connectivity index (χ1v) is 6.78. The molecule has 1 aromatic rings. The minimum atomic E-state index is 0.0986. The molecule has 1 atom stereocenters. The number of alkyl halides is 1. The lowest BCUT2D eigenvalue weighted by atomic mass is 10.1. The van der Waals surface area contributed by atoms with E-state index in [1.807, 2.05) is 6.07 Å². The molecule has 1 rings (SSSR count). The lowest BCUT2D eigenvalue weighted by molar-refractivity contribution is 0.572. The topological polar surface area (TPSA) is 24.9 Å². The van der Waals surface area contributed by atoms with E-state index in [-0.39, 0.29) is 5.38 Å². The van der Waals surface area contributed by atoms with Crippen LogP contribution in [0.25, 0.3) is 0 Å². The van der Waals surface area contributed by atoms with E-state index in [0.717, 1.165) is 10.9 Å². The molecule has 0 saturated heterocycles. The maximum absolute atomic E-state index is 6.17. The molecule has 2 nitrogen and oxygen atoms in total. The van der Waals surface area contributed by atoms with E-state index < -0.39 is 0 Å². The van der Waals surface area contributed by atoms with Gasteiger partial charge in [-0.05, 0) is 34.3 Å². The van der Waals surface area contributed by atoms with Gasteiger partial charge in [0.05, 0.1) is 10.4 Å². The third-order valence-corrected chi connectivity index (χ3v) is 3.08. The highest BCUT2D eigenvalue weighted by Crippen LogP contribution is 2.23. The van der Waals surface area contributed by atoms with Gasteiger partial charge in [0.2, 0.25) is 0 Å². The second-order valence-electron chi connectivity index (χ2n) is 4.09.